The number of benzene rings is 2. The number of nitrogens with one attached hydrogen (secondary N) is 1. The summed E-state index contributed by atoms with van der Waals surface area (Å²) in [5.41, 5.74) is 7.95. The molecule has 7 N–H and O–H groups in total. The zero-order chi connectivity index (χ0) is 25.9. The summed E-state index contributed by atoms with van der Waals surface area (Å²) in [6.07, 6.45) is 0.191. The largest absolute Gasteiger partial charge is 0.393 e. The Labute approximate surface area is 210 Å². The molecule has 0 spiro atoms. The maximum Gasteiger partial charge on any atom is 0.230 e. The molecule has 1 saturated carbocycles. The molecule has 9 nitrogen and oxygen atoms in total. The van der Waals surface area contributed by atoms with E-state index in [0.29, 0.717) is 31.5 Å². The fourth-order valence-corrected chi connectivity index (χ4v) is 5.08. The molecule has 2 aliphatic rings. The Morgan fingerprint density at radius 2 is 1.61 bits per heavy atom. The van der Waals surface area contributed by atoms with Crippen LogP contribution in [-0.4, -0.2) is 62.4 Å². The molecule has 36 heavy (non-hydrogen) atoms. The third-order valence-electron chi connectivity index (χ3n) is 7.39. The number of carbonyl (C=O) groups is 1. The van der Waals surface area contributed by atoms with E-state index < -0.39 is 23.9 Å². The zero-order valence-electron chi connectivity index (χ0n) is 20.1. The summed E-state index contributed by atoms with van der Waals surface area (Å²) in [6, 6.07) is 15.6. The molecule has 1 amide bonds. The second-order valence-electron chi connectivity index (χ2n) is 9.79. The summed E-state index contributed by atoms with van der Waals surface area (Å²) in [7, 11) is 0. The molecule has 2 aromatic rings. The Morgan fingerprint density at radius 1 is 1.03 bits per heavy atom. The third-order valence-corrected chi connectivity index (χ3v) is 7.39. The maximum absolute atomic E-state index is 12.4. The van der Waals surface area contributed by atoms with Gasteiger partial charge in [-0.05, 0) is 48.1 Å². The molecule has 1 aliphatic carbocycles. The van der Waals surface area contributed by atoms with Gasteiger partial charge in [-0.1, -0.05) is 36.4 Å². The molecular weight excluding hydrogens is 460 g/mol. The van der Waals surface area contributed by atoms with Crippen LogP contribution in [0.2, 0.25) is 0 Å². The lowest BCUT2D eigenvalue weighted by Crippen LogP contribution is -2.58. The third kappa shape index (κ3) is 5.49. The van der Waals surface area contributed by atoms with E-state index in [4.69, 9.17) is 11.1 Å². The lowest BCUT2D eigenvalue weighted by molar-refractivity contribution is -0.190. The molecular formula is C27H34N4O5. The van der Waals surface area contributed by atoms with E-state index in [1.165, 1.54) is 0 Å². The number of nitrogens with zero attached hydrogens (tertiary/aromatic N) is 2. The van der Waals surface area contributed by atoms with Crippen molar-refractivity contribution in [1.82, 2.24) is 0 Å². The highest BCUT2D eigenvalue weighted by molar-refractivity contribution is 6.01. The molecule has 0 radical (unpaired) electrons. The molecule has 1 saturated heterocycles. The minimum Gasteiger partial charge on any atom is -0.393 e. The second kappa shape index (κ2) is 10.9. The van der Waals surface area contributed by atoms with Gasteiger partial charge in [0.05, 0.1) is 30.8 Å². The van der Waals surface area contributed by atoms with Crippen LogP contribution < -0.4 is 10.6 Å². The average molecular weight is 495 g/mol. The minimum atomic E-state index is -1.64. The molecule has 0 aromatic heterocycles. The van der Waals surface area contributed by atoms with Gasteiger partial charge in [0.25, 0.3) is 0 Å². The fraction of sp³-hybridized carbons (Fsp3) is 0.444. The van der Waals surface area contributed by atoms with Gasteiger partial charge in [-0.25, -0.2) is 4.99 Å². The number of aliphatic imine (C=N–C) groups is 1. The lowest BCUT2D eigenvalue weighted by atomic mass is 9.75. The first-order chi connectivity index (χ1) is 17.2. The van der Waals surface area contributed by atoms with Gasteiger partial charge in [0.15, 0.2) is 0 Å². The number of carbonyl (C=O) groups excluding carboxylic acids is 1. The minimum absolute atomic E-state index is 0.0477. The average Bonchev–Trinajstić information content (AvgIpc) is 2.85. The number of nitrogens with two attached hydrogens (primary N) is 1. The van der Waals surface area contributed by atoms with E-state index in [9.17, 15) is 25.2 Å². The Hall–Kier alpha value is -3.11. The van der Waals surface area contributed by atoms with Gasteiger partial charge in [-0.2, -0.15) is 0 Å². The van der Waals surface area contributed by atoms with Crippen LogP contribution in [0.3, 0.4) is 0 Å². The Balaban J connectivity index is 1.37. The Bertz CT molecular complexity index is 1090. The van der Waals surface area contributed by atoms with Crippen molar-refractivity contribution in [3.63, 3.8) is 0 Å². The maximum atomic E-state index is 12.4. The Morgan fingerprint density at radius 3 is 2.19 bits per heavy atom. The summed E-state index contributed by atoms with van der Waals surface area (Å²) >= 11 is 0. The molecule has 192 valence electrons. The monoisotopic (exact) mass is 494 g/mol. The van der Waals surface area contributed by atoms with E-state index in [1.807, 2.05) is 48.5 Å². The number of amidine groups is 1. The number of aliphatic hydroxyl groups is 4. The second-order valence-corrected chi connectivity index (χ2v) is 9.79. The summed E-state index contributed by atoms with van der Waals surface area (Å²) in [4.78, 5) is 18.0. The standard InChI is InChI=1S/C27H34N4O5/c28-16-30-25(29)10-5-17-3-8-20(9-4-17)31-22(15-26(31)35)19-6-1-18(2-7-19)11-12-27(36)23(33)13-21(32)14-24(27)34/h1-4,6-9,16,21-24,32-34,36H,5,10-15H2,(H3,28,29,30). The van der Waals surface area contributed by atoms with Crippen LogP contribution in [0, 0.1) is 5.41 Å². The van der Waals surface area contributed by atoms with Crippen molar-refractivity contribution in [1.29, 1.82) is 5.41 Å². The van der Waals surface area contributed by atoms with Gasteiger partial charge in [-0.15, -0.1) is 0 Å². The summed E-state index contributed by atoms with van der Waals surface area (Å²) < 4.78 is 0. The van der Waals surface area contributed by atoms with E-state index >= 15 is 0 Å². The van der Waals surface area contributed by atoms with E-state index in [0.717, 1.165) is 28.7 Å². The Kier molecular flexibility index (Phi) is 7.85. The summed E-state index contributed by atoms with van der Waals surface area (Å²) in [5.74, 6) is 0.471. The lowest BCUT2D eigenvalue weighted by Gasteiger charge is -2.43. The van der Waals surface area contributed by atoms with Gasteiger partial charge >= 0.3 is 0 Å². The highest BCUT2D eigenvalue weighted by Crippen LogP contribution is 2.39. The van der Waals surface area contributed by atoms with Crippen LogP contribution in [0.15, 0.2) is 53.5 Å². The van der Waals surface area contributed by atoms with Crippen molar-refractivity contribution >= 4 is 23.8 Å². The van der Waals surface area contributed by atoms with Crippen LogP contribution >= 0.6 is 0 Å². The van der Waals surface area contributed by atoms with Crippen molar-refractivity contribution in [3.8, 4) is 0 Å². The molecule has 9 heteroatoms. The topological polar surface area (TPSA) is 163 Å². The van der Waals surface area contributed by atoms with Gasteiger partial charge < -0.3 is 31.1 Å². The highest BCUT2D eigenvalue weighted by Gasteiger charge is 2.47. The van der Waals surface area contributed by atoms with Crippen LogP contribution in [-0.2, 0) is 17.6 Å². The summed E-state index contributed by atoms with van der Waals surface area (Å²) in [5, 5.41) is 47.9. The normalized spacial score (nSPS) is 28.6. The molecule has 0 bridgehead atoms. The number of hydrogen-bond donors (Lipinski definition) is 6. The number of β-lactam (4-membered cyclic amide) rings is 1. The predicted molar refractivity (Wildman–Crippen MR) is 137 cm³/mol. The van der Waals surface area contributed by atoms with E-state index in [-0.39, 0.29) is 31.2 Å². The quantitative estimate of drug-likeness (QED) is 0.176. The van der Waals surface area contributed by atoms with Crippen molar-refractivity contribution in [2.45, 2.75) is 74.9 Å². The van der Waals surface area contributed by atoms with Crippen molar-refractivity contribution in [2.24, 2.45) is 10.7 Å². The van der Waals surface area contributed by atoms with E-state index in [2.05, 4.69) is 4.99 Å². The predicted octanol–water partition coefficient (Wildman–Crippen LogP) is 1.60. The van der Waals surface area contributed by atoms with Gasteiger partial charge in [-0.3, -0.25) is 10.2 Å². The molecule has 2 fully saturated rings. The molecule has 3 unspecified atom stereocenters. The van der Waals surface area contributed by atoms with Crippen LogP contribution in [0.5, 0.6) is 0 Å². The van der Waals surface area contributed by atoms with Crippen molar-refractivity contribution in [2.75, 3.05) is 4.90 Å². The van der Waals surface area contributed by atoms with E-state index in [1.54, 1.807) is 4.90 Å². The van der Waals surface area contributed by atoms with Gasteiger partial charge in [0, 0.05) is 24.9 Å². The zero-order valence-corrected chi connectivity index (χ0v) is 20.1. The molecule has 3 atom stereocenters. The smallest absolute Gasteiger partial charge is 0.230 e. The molecule has 1 heterocycles. The van der Waals surface area contributed by atoms with Gasteiger partial charge in [0.1, 0.15) is 17.8 Å². The SMILES string of the molecule is N=CN=C(N)CCc1ccc(N2C(=O)CC2c2ccc(CCC3(O)C(O)CC(O)CC3O)cc2)cc1. The fourth-order valence-electron chi connectivity index (χ4n) is 5.08. The number of hydrogen-bond acceptors (Lipinski definition) is 6. The molecule has 4 rings (SSSR count). The molecule has 2 aromatic carbocycles. The van der Waals surface area contributed by atoms with Crippen molar-refractivity contribution < 1.29 is 25.2 Å². The number of aryl methyl sites for hydroxylation is 2. The first kappa shape index (κ1) is 26.0. The number of aliphatic hydroxyl groups excluding tert-OH is 3. The number of anilines is 1. The van der Waals surface area contributed by atoms with Crippen LogP contribution in [0.4, 0.5) is 5.69 Å². The van der Waals surface area contributed by atoms with Gasteiger partial charge in [0.2, 0.25) is 5.91 Å². The first-order valence-corrected chi connectivity index (χ1v) is 12.3. The summed E-state index contributed by atoms with van der Waals surface area (Å²) in [6.45, 7) is 0. The van der Waals surface area contributed by atoms with Crippen LogP contribution in [0.25, 0.3) is 0 Å². The first-order valence-electron chi connectivity index (χ1n) is 12.3. The molecule has 1 aliphatic heterocycles. The number of rotatable bonds is 9. The van der Waals surface area contributed by atoms with Crippen LogP contribution in [0.1, 0.15) is 54.8 Å². The highest BCUT2D eigenvalue weighted by atomic mass is 16.4. The van der Waals surface area contributed by atoms with Crippen molar-refractivity contribution in [3.05, 3.63) is 65.2 Å². The number of amides is 1.